The van der Waals surface area contributed by atoms with Crippen molar-refractivity contribution >= 4 is 16.6 Å². The first-order valence-corrected chi connectivity index (χ1v) is 9.63. The van der Waals surface area contributed by atoms with E-state index in [1.54, 1.807) is 0 Å². The van der Waals surface area contributed by atoms with Gasteiger partial charge in [0, 0.05) is 24.2 Å². The van der Waals surface area contributed by atoms with Gasteiger partial charge in [-0.25, -0.2) is 0 Å². The van der Waals surface area contributed by atoms with E-state index in [9.17, 15) is 0 Å². The highest BCUT2D eigenvalue weighted by Crippen LogP contribution is 2.35. The molecule has 0 amide bonds. The summed E-state index contributed by atoms with van der Waals surface area (Å²) >= 11 is 0. The summed E-state index contributed by atoms with van der Waals surface area (Å²) in [5, 5.41) is 1.13. The average Bonchev–Trinajstić information content (AvgIpc) is 3.10. The molecule has 140 valence electrons. The number of nitrogens with zero attached hydrogens (tertiary/aromatic N) is 3. The lowest BCUT2D eigenvalue weighted by molar-refractivity contribution is 0.261. The molecule has 0 radical (unpaired) electrons. The summed E-state index contributed by atoms with van der Waals surface area (Å²) in [6.45, 7) is 4.92. The van der Waals surface area contributed by atoms with E-state index in [1.807, 2.05) is 20.3 Å². The second kappa shape index (κ2) is 7.57. The van der Waals surface area contributed by atoms with Crippen LogP contribution >= 0.6 is 0 Å². The van der Waals surface area contributed by atoms with Gasteiger partial charge in [0.15, 0.2) is 0 Å². The van der Waals surface area contributed by atoms with Gasteiger partial charge in [-0.1, -0.05) is 24.3 Å². The van der Waals surface area contributed by atoms with Gasteiger partial charge in [-0.15, -0.1) is 0 Å². The standard InChI is InChI=1S/C23H27N3O/c1-17(26-11-10-18-6-4-5-7-23(18)26)19-8-9-22-20(14-19)15-21(16-24-22)27-13-12-25(2)3/h4-9,14-17H,10-13H2,1-3H3/t17-/m0/s1. The molecule has 4 heteroatoms. The smallest absolute Gasteiger partial charge is 0.138 e. The van der Waals surface area contributed by atoms with Gasteiger partial charge < -0.3 is 14.5 Å². The van der Waals surface area contributed by atoms with Crippen molar-refractivity contribution in [1.82, 2.24) is 9.88 Å². The van der Waals surface area contributed by atoms with Crippen molar-refractivity contribution in [3.63, 3.8) is 0 Å². The van der Waals surface area contributed by atoms with Crippen molar-refractivity contribution in [2.24, 2.45) is 0 Å². The molecule has 0 saturated heterocycles. The van der Waals surface area contributed by atoms with Crippen LogP contribution in [0.2, 0.25) is 0 Å². The molecule has 0 aliphatic carbocycles. The highest BCUT2D eigenvalue weighted by atomic mass is 16.5. The Balaban J connectivity index is 1.57. The maximum Gasteiger partial charge on any atom is 0.138 e. The SMILES string of the molecule is C[C@@H](c1ccc2ncc(OCCN(C)C)cc2c1)N1CCc2ccccc21. The van der Waals surface area contributed by atoms with Crippen molar-refractivity contribution in [2.75, 3.05) is 38.7 Å². The van der Waals surface area contributed by atoms with Gasteiger partial charge in [0.1, 0.15) is 12.4 Å². The molecule has 4 rings (SSSR count). The van der Waals surface area contributed by atoms with E-state index in [4.69, 9.17) is 4.74 Å². The minimum atomic E-state index is 0.330. The third-order valence-electron chi connectivity index (χ3n) is 5.36. The van der Waals surface area contributed by atoms with Gasteiger partial charge in [0.25, 0.3) is 0 Å². The average molecular weight is 361 g/mol. The van der Waals surface area contributed by atoms with Crippen LogP contribution in [0, 0.1) is 0 Å². The molecule has 1 atom stereocenters. The number of fused-ring (bicyclic) bond motifs is 2. The second-order valence-electron chi connectivity index (χ2n) is 7.52. The normalized spacial score (nSPS) is 14.6. The fourth-order valence-electron chi connectivity index (χ4n) is 3.76. The van der Waals surface area contributed by atoms with Crippen molar-refractivity contribution in [2.45, 2.75) is 19.4 Å². The summed E-state index contributed by atoms with van der Waals surface area (Å²) in [6.07, 6.45) is 2.94. The molecule has 0 saturated carbocycles. The lowest BCUT2D eigenvalue weighted by Gasteiger charge is -2.28. The fourth-order valence-corrected chi connectivity index (χ4v) is 3.76. The number of para-hydroxylation sites is 1. The first-order valence-electron chi connectivity index (χ1n) is 9.63. The van der Waals surface area contributed by atoms with E-state index in [-0.39, 0.29) is 0 Å². The minimum Gasteiger partial charge on any atom is -0.491 e. The Morgan fingerprint density at radius 3 is 2.85 bits per heavy atom. The molecule has 1 aliphatic rings. The predicted octanol–water partition coefficient (Wildman–Crippen LogP) is 4.30. The lowest BCUT2D eigenvalue weighted by atomic mass is 10.0. The predicted molar refractivity (Wildman–Crippen MR) is 112 cm³/mol. The Bertz CT molecular complexity index is 938. The number of anilines is 1. The third kappa shape index (κ3) is 3.76. The molecular weight excluding hydrogens is 334 g/mol. The molecule has 2 heterocycles. The topological polar surface area (TPSA) is 28.6 Å². The number of pyridine rings is 1. The number of likely N-dealkylation sites (N-methyl/N-ethyl adjacent to an activating group) is 1. The van der Waals surface area contributed by atoms with Crippen LogP contribution in [0.1, 0.15) is 24.1 Å². The number of rotatable bonds is 6. The molecule has 27 heavy (non-hydrogen) atoms. The monoisotopic (exact) mass is 361 g/mol. The summed E-state index contributed by atoms with van der Waals surface area (Å²) in [5.74, 6) is 0.834. The fraction of sp³-hybridized carbons (Fsp3) is 0.348. The molecular formula is C23H27N3O. The largest absolute Gasteiger partial charge is 0.491 e. The number of ether oxygens (including phenoxy) is 1. The van der Waals surface area contributed by atoms with Gasteiger partial charge >= 0.3 is 0 Å². The minimum absolute atomic E-state index is 0.330. The van der Waals surface area contributed by atoms with Crippen LogP contribution in [0.15, 0.2) is 54.7 Å². The third-order valence-corrected chi connectivity index (χ3v) is 5.36. The van der Waals surface area contributed by atoms with E-state index in [0.29, 0.717) is 12.6 Å². The second-order valence-corrected chi connectivity index (χ2v) is 7.52. The summed E-state index contributed by atoms with van der Waals surface area (Å²) in [6, 6.07) is 17.7. The van der Waals surface area contributed by atoms with Gasteiger partial charge in [0.2, 0.25) is 0 Å². The van der Waals surface area contributed by atoms with Crippen LogP contribution in [0.4, 0.5) is 5.69 Å². The van der Waals surface area contributed by atoms with E-state index >= 15 is 0 Å². The Kier molecular flexibility index (Phi) is 4.99. The van der Waals surface area contributed by atoms with Crippen LogP contribution < -0.4 is 9.64 Å². The van der Waals surface area contributed by atoms with E-state index in [2.05, 4.69) is 70.2 Å². The molecule has 1 aliphatic heterocycles. The van der Waals surface area contributed by atoms with Gasteiger partial charge in [-0.3, -0.25) is 4.98 Å². The first-order chi connectivity index (χ1) is 13.1. The van der Waals surface area contributed by atoms with Crippen LogP contribution in [0.25, 0.3) is 10.9 Å². The van der Waals surface area contributed by atoms with Crippen molar-refractivity contribution < 1.29 is 4.74 Å². The zero-order chi connectivity index (χ0) is 18.8. The summed E-state index contributed by atoms with van der Waals surface area (Å²) in [4.78, 5) is 9.18. The Morgan fingerprint density at radius 1 is 1.15 bits per heavy atom. The molecule has 3 aromatic rings. The number of aromatic nitrogens is 1. The van der Waals surface area contributed by atoms with E-state index in [0.717, 1.165) is 36.2 Å². The quantitative estimate of drug-likeness (QED) is 0.654. The van der Waals surface area contributed by atoms with Crippen molar-refractivity contribution in [1.29, 1.82) is 0 Å². The summed E-state index contributed by atoms with van der Waals surface area (Å²) in [5.41, 5.74) is 5.13. The molecule has 0 spiro atoms. The van der Waals surface area contributed by atoms with Crippen molar-refractivity contribution in [3.8, 4) is 5.75 Å². The number of hydrogen-bond acceptors (Lipinski definition) is 4. The highest BCUT2D eigenvalue weighted by Gasteiger charge is 2.24. The van der Waals surface area contributed by atoms with Gasteiger partial charge in [-0.05, 0) is 62.8 Å². The molecule has 0 unspecified atom stereocenters. The van der Waals surface area contributed by atoms with E-state index < -0.39 is 0 Å². The van der Waals surface area contributed by atoms with Crippen LogP contribution in [-0.2, 0) is 6.42 Å². The zero-order valence-corrected chi connectivity index (χ0v) is 16.4. The van der Waals surface area contributed by atoms with E-state index in [1.165, 1.54) is 16.8 Å². The van der Waals surface area contributed by atoms with Crippen LogP contribution in [0.3, 0.4) is 0 Å². The Hall–Kier alpha value is -2.59. The summed E-state index contributed by atoms with van der Waals surface area (Å²) < 4.78 is 5.86. The molecule has 0 fully saturated rings. The number of hydrogen-bond donors (Lipinski definition) is 0. The van der Waals surface area contributed by atoms with Crippen molar-refractivity contribution in [3.05, 3.63) is 65.9 Å². The molecule has 4 nitrogen and oxygen atoms in total. The molecule has 2 aromatic carbocycles. The van der Waals surface area contributed by atoms with Crippen LogP contribution in [0.5, 0.6) is 5.75 Å². The maximum absolute atomic E-state index is 5.86. The maximum atomic E-state index is 5.86. The molecule has 0 bridgehead atoms. The zero-order valence-electron chi connectivity index (χ0n) is 16.4. The van der Waals surface area contributed by atoms with Gasteiger partial charge in [0.05, 0.1) is 17.8 Å². The Labute approximate surface area is 161 Å². The Morgan fingerprint density at radius 2 is 2.00 bits per heavy atom. The highest BCUT2D eigenvalue weighted by molar-refractivity contribution is 5.80. The molecule has 1 aromatic heterocycles. The summed E-state index contributed by atoms with van der Waals surface area (Å²) in [7, 11) is 4.10. The van der Waals surface area contributed by atoms with Crippen LogP contribution in [-0.4, -0.2) is 43.7 Å². The first kappa shape index (κ1) is 17.8. The molecule has 0 N–H and O–H groups in total. The van der Waals surface area contributed by atoms with Gasteiger partial charge in [-0.2, -0.15) is 0 Å². The number of benzene rings is 2. The lowest BCUT2D eigenvalue weighted by Crippen LogP contribution is -2.24.